The number of ether oxygens (including phenoxy) is 1. The predicted molar refractivity (Wildman–Crippen MR) is 122 cm³/mol. The first-order chi connectivity index (χ1) is 15.8. The second-order valence-electron chi connectivity index (χ2n) is 8.42. The van der Waals surface area contributed by atoms with Crippen molar-refractivity contribution in [2.75, 3.05) is 26.2 Å². The summed E-state index contributed by atoms with van der Waals surface area (Å²) in [4.78, 5) is 28.8. The summed E-state index contributed by atoms with van der Waals surface area (Å²) in [7, 11) is 0. The Hall–Kier alpha value is -3.19. The number of carbonyl (C=O) groups excluding carboxylic acids is 2. The van der Waals surface area contributed by atoms with Crippen LogP contribution in [0.25, 0.3) is 5.76 Å². The number of nitrogens with zero attached hydrogens (tertiary/aromatic N) is 1. The highest BCUT2D eigenvalue weighted by molar-refractivity contribution is 6.46. The number of benzene rings is 2. The standard InChI is InChI=1S/C26H31FN2O4/c1-5-28(6-2)15-16-29-23(18-9-13-21(14-10-18)33-17(3)4)22(25(31)26(29)32)24(30)19-7-11-20(27)12-8-19/h7-14,17,23,30H,5-6,15-16H2,1-4H3/b24-22+. The molecule has 0 saturated carbocycles. The van der Waals surface area contributed by atoms with E-state index in [-0.39, 0.29) is 17.2 Å². The van der Waals surface area contributed by atoms with E-state index in [0.717, 1.165) is 13.1 Å². The molecule has 1 fully saturated rings. The highest BCUT2D eigenvalue weighted by atomic mass is 19.1. The molecule has 0 aliphatic carbocycles. The van der Waals surface area contributed by atoms with Crippen molar-refractivity contribution < 1.29 is 28.7 Å². The summed E-state index contributed by atoms with van der Waals surface area (Å²) in [5.41, 5.74) is 0.734. The molecule has 0 radical (unpaired) electrons. The lowest BCUT2D eigenvalue weighted by atomic mass is 9.95. The molecule has 1 N–H and O–H groups in total. The predicted octanol–water partition coefficient (Wildman–Crippen LogP) is 1.76. The van der Waals surface area contributed by atoms with Gasteiger partial charge in [0.05, 0.1) is 38.3 Å². The van der Waals surface area contributed by atoms with Gasteiger partial charge in [-0.1, -0.05) is 30.0 Å². The topological polar surface area (TPSA) is 74.1 Å². The van der Waals surface area contributed by atoms with E-state index >= 15 is 0 Å². The third-order valence-electron chi connectivity index (χ3n) is 5.91. The van der Waals surface area contributed by atoms with Crippen LogP contribution in [0.3, 0.4) is 0 Å². The van der Waals surface area contributed by atoms with E-state index in [1.165, 1.54) is 34.1 Å². The van der Waals surface area contributed by atoms with Crippen molar-refractivity contribution in [1.82, 2.24) is 4.90 Å². The van der Waals surface area contributed by atoms with Gasteiger partial charge in [-0.25, -0.2) is 4.39 Å². The van der Waals surface area contributed by atoms with Crippen molar-refractivity contribution >= 4 is 17.4 Å². The summed E-state index contributed by atoms with van der Waals surface area (Å²) in [6.45, 7) is 10.8. The quantitative estimate of drug-likeness (QED) is 0.356. The van der Waals surface area contributed by atoms with Crippen molar-refractivity contribution in [2.24, 2.45) is 0 Å². The molecule has 6 nitrogen and oxygen atoms in total. The lowest BCUT2D eigenvalue weighted by molar-refractivity contribution is -0.895. The van der Waals surface area contributed by atoms with E-state index in [9.17, 15) is 19.1 Å². The number of hydrogen-bond donors (Lipinski definition) is 1. The molecule has 1 atom stereocenters. The van der Waals surface area contributed by atoms with Gasteiger partial charge in [0.2, 0.25) is 5.78 Å². The fourth-order valence-electron chi connectivity index (χ4n) is 4.09. The second kappa shape index (κ2) is 10.6. The lowest BCUT2D eigenvalue weighted by Gasteiger charge is -2.28. The molecule has 2 aromatic rings. The van der Waals surface area contributed by atoms with Gasteiger partial charge in [0.1, 0.15) is 11.6 Å². The van der Waals surface area contributed by atoms with Crippen LogP contribution in [0.15, 0.2) is 54.1 Å². The molecule has 3 rings (SSSR count). The Morgan fingerprint density at radius 3 is 2.21 bits per heavy atom. The van der Waals surface area contributed by atoms with E-state index in [1.54, 1.807) is 24.3 Å². The molecule has 33 heavy (non-hydrogen) atoms. The fourth-order valence-corrected chi connectivity index (χ4v) is 4.09. The summed E-state index contributed by atoms with van der Waals surface area (Å²) in [6.07, 6.45) is 0.00112. The van der Waals surface area contributed by atoms with Gasteiger partial charge in [-0.15, -0.1) is 0 Å². The highest BCUT2D eigenvalue weighted by Gasteiger charge is 2.44. The maximum Gasteiger partial charge on any atom is 0.295 e. The van der Waals surface area contributed by atoms with Crippen LogP contribution in [0.2, 0.25) is 0 Å². The molecule has 0 spiro atoms. The minimum absolute atomic E-state index is 0.00112. The Labute approximate surface area is 194 Å². The third kappa shape index (κ3) is 5.42. The summed E-state index contributed by atoms with van der Waals surface area (Å²) < 4.78 is 19.1. The molecule has 0 bridgehead atoms. The van der Waals surface area contributed by atoms with Gasteiger partial charge in [0.25, 0.3) is 5.91 Å². The number of halogens is 1. The van der Waals surface area contributed by atoms with Crippen LogP contribution < -0.4 is 14.7 Å². The van der Waals surface area contributed by atoms with Crippen LogP contribution in [-0.4, -0.2) is 48.9 Å². The SMILES string of the molecule is CC[NH+](CC)CCN1C(=O)C(=O)/C(=C(/[O-])c2ccc(F)cc2)C1c1ccc(OC(C)C)cc1. The van der Waals surface area contributed by atoms with Gasteiger partial charge >= 0.3 is 0 Å². The first-order valence-corrected chi connectivity index (χ1v) is 11.4. The Morgan fingerprint density at radius 2 is 1.67 bits per heavy atom. The normalized spacial score (nSPS) is 17.9. The average molecular weight is 455 g/mol. The Balaban J connectivity index is 2.06. The number of likely N-dealkylation sites (N-methyl/N-ethyl adjacent to an activating group) is 1. The van der Waals surface area contributed by atoms with Crippen LogP contribution in [-0.2, 0) is 9.59 Å². The van der Waals surface area contributed by atoms with Crippen LogP contribution in [0.4, 0.5) is 4.39 Å². The number of nitrogens with one attached hydrogen (secondary N) is 1. The van der Waals surface area contributed by atoms with Gasteiger partial charge in [-0.3, -0.25) is 9.59 Å². The summed E-state index contributed by atoms with van der Waals surface area (Å²) in [5.74, 6) is -1.86. The molecule has 1 heterocycles. The number of carbonyl (C=O) groups is 2. The maximum absolute atomic E-state index is 13.4. The van der Waals surface area contributed by atoms with Crippen molar-refractivity contribution in [2.45, 2.75) is 39.8 Å². The summed E-state index contributed by atoms with van der Waals surface area (Å²) in [5, 5.41) is 13.3. The molecule has 1 amide bonds. The number of hydrogen-bond acceptors (Lipinski definition) is 4. The Kier molecular flexibility index (Phi) is 7.87. The van der Waals surface area contributed by atoms with Gasteiger partial charge in [-0.05, 0) is 63.1 Å². The Morgan fingerprint density at radius 1 is 1.06 bits per heavy atom. The molecule has 1 saturated heterocycles. The third-order valence-corrected chi connectivity index (χ3v) is 5.91. The minimum atomic E-state index is -0.800. The lowest BCUT2D eigenvalue weighted by Crippen LogP contribution is -3.12. The zero-order chi connectivity index (χ0) is 24.1. The number of rotatable bonds is 9. The maximum atomic E-state index is 13.4. The van der Waals surface area contributed by atoms with Gasteiger partial charge in [0, 0.05) is 5.57 Å². The van der Waals surface area contributed by atoms with E-state index in [1.807, 2.05) is 13.8 Å². The molecule has 1 aliphatic heterocycles. The molecule has 1 unspecified atom stereocenters. The second-order valence-corrected chi connectivity index (χ2v) is 8.42. The van der Waals surface area contributed by atoms with Crippen LogP contribution in [0.1, 0.15) is 44.9 Å². The minimum Gasteiger partial charge on any atom is -0.872 e. The van der Waals surface area contributed by atoms with E-state index in [4.69, 9.17) is 4.74 Å². The van der Waals surface area contributed by atoms with Crippen molar-refractivity contribution in [1.29, 1.82) is 0 Å². The zero-order valence-corrected chi connectivity index (χ0v) is 19.6. The van der Waals surface area contributed by atoms with Crippen LogP contribution >= 0.6 is 0 Å². The number of ketones is 1. The number of Topliss-reactive ketones (excluding diaryl/α,β-unsaturated/α-hetero) is 1. The van der Waals surface area contributed by atoms with Crippen molar-refractivity contribution in [3.8, 4) is 5.75 Å². The highest BCUT2D eigenvalue weighted by Crippen LogP contribution is 2.38. The molecule has 0 aromatic heterocycles. The zero-order valence-electron chi connectivity index (χ0n) is 19.6. The molecule has 7 heteroatoms. The molecule has 1 aliphatic rings. The molecule has 2 aromatic carbocycles. The monoisotopic (exact) mass is 454 g/mol. The van der Waals surface area contributed by atoms with Crippen molar-refractivity contribution in [3.63, 3.8) is 0 Å². The summed E-state index contributed by atoms with van der Waals surface area (Å²) >= 11 is 0. The van der Waals surface area contributed by atoms with Crippen LogP contribution in [0.5, 0.6) is 5.75 Å². The average Bonchev–Trinajstić information content (AvgIpc) is 3.05. The first-order valence-electron chi connectivity index (χ1n) is 11.4. The van der Waals surface area contributed by atoms with Crippen molar-refractivity contribution in [3.05, 3.63) is 71.0 Å². The summed E-state index contributed by atoms with van der Waals surface area (Å²) in [6, 6.07) is 11.3. The molecular formula is C26H31FN2O4. The smallest absolute Gasteiger partial charge is 0.295 e. The van der Waals surface area contributed by atoms with E-state index in [0.29, 0.717) is 24.4 Å². The van der Waals surface area contributed by atoms with E-state index < -0.39 is 29.3 Å². The number of quaternary nitrogens is 1. The molecule has 176 valence electrons. The fraction of sp³-hybridized carbons (Fsp3) is 0.385. The van der Waals surface area contributed by atoms with E-state index in [2.05, 4.69) is 13.8 Å². The Bertz CT molecular complexity index is 1010. The van der Waals surface area contributed by atoms with Gasteiger partial charge in [-0.2, -0.15) is 0 Å². The van der Waals surface area contributed by atoms with Gasteiger partial charge < -0.3 is 19.6 Å². The largest absolute Gasteiger partial charge is 0.872 e. The van der Waals surface area contributed by atoms with Crippen LogP contribution in [0, 0.1) is 5.82 Å². The number of likely N-dealkylation sites (tertiary alicyclic amines) is 1. The van der Waals surface area contributed by atoms with Gasteiger partial charge in [0.15, 0.2) is 0 Å². The first kappa shape index (κ1) is 24.5. The molecular weight excluding hydrogens is 423 g/mol. The number of amides is 1.